The number of hydrogen-bond acceptors (Lipinski definition) is 6. The van der Waals surface area contributed by atoms with Gasteiger partial charge < -0.3 is 9.57 Å². The summed E-state index contributed by atoms with van der Waals surface area (Å²) in [5.41, 5.74) is 1.59. The maximum atomic E-state index is 12.5. The number of carbonyl (C=O) groups is 3. The summed E-state index contributed by atoms with van der Waals surface area (Å²) in [5.74, 6) is -2.02. The standard InChI is InChI=1S/C20H18N2O5/c23-18-15-8-4-5-9-16(15)19(24)22(18)27-20(25)17-13-21(10-11-26-17)12-14-6-2-1-3-7-14/h1-9,17H,10-13H2. The Balaban J connectivity index is 1.40. The summed E-state index contributed by atoms with van der Waals surface area (Å²) in [5, 5.41) is 0.520. The van der Waals surface area contributed by atoms with E-state index < -0.39 is 23.9 Å². The Bertz CT molecular complexity index is 848. The molecule has 2 aromatic carbocycles. The van der Waals surface area contributed by atoms with E-state index in [0.717, 1.165) is 5.56 Å². The summed E-state index contributed by atoms with van der Waals surface area (Å²) >= 11 is 0. The van der Waals surface area contributed by atoms with Crippen LogP contribution in [0.1, 0.15) is 26.3 Å². The first-order chi connectivity index (χ1) is 13.1. The molecule has 0 N–H and O–H groups in total. The average Bonchev–Trinajstić information content (AvgIpc) is 2.94. The Hall–Kier alpha value is -3.03. The second-order valence-corrected chi connectivity index (χ2v) is 6.44. The normalized spacial score (nSPS) is 19.9. The maximum Gasteiger partial charge on any atom is 0.362 e. The van der Waals surface area contributed by atoms with Crippen molar-refractivity contribution >= 4 is 17.8 Å². The van der Waals surface area contributed by atoms with Gasteiger partial charge in [0, 0.05) is 19.6 Å². The summed E-state index contributed by atoms with van der Waals surface area (Å²) < 4.78 is 5.50. The molecule has 2 aromatic rings. The lowest BCUT2D eigenvalue weighted by atomic mass is 10.1. The molecule has 2 aliphatic heterocycles. The molecule has 138 valence electrons. The van der Waals surface area contributed by atoms with E-state index in [1.165, 1.54) is 12.1 Å². The number of hydroxylamine groups is 2. The molecule has 1 atom stereocenters. The van der Waals surface area contributed by atoms with Gasteiger partial charge in [-0.05, 0) is 17.7 Å². The van der Waals surface area contributed by atoms with Crippen LogP contribution in [-0.4, -0.2) is 53.5 Å². The Kier molecular flexibility index (Phi) is 4.70. The highest BCUT2D eigenvalue weighted by Crippen LogP contribution is 2.23. The number of rotatable bonds is 4. The van der Waals surface area contributed by atoms with Gasteiger partial charge in [0.15, 0.2) is 6.10 Å². The minimum Gasteiger partial charge on any atom is -0.364 e. The highest BCUT2D eigenvalue weighted by molar-refractivity contribution is 6.20. The van der Waals surface area contributed by atoms with Gasteiger partial charge in [-0.1, -0.05) is 47.5 Å². The molecule has 0 radical (unpaired) electrons. The minimum absolute atomic E-state index is 0.227. The van der Waals surface area contributed by atoms with Crippen LogP contribution in [0.2, 0.25) is 0 Å². The third-order valence-corrected chi connectivity index (χ3v) is 4.60. The summed E-state index contributed by atoms with van der Waals surface area (Å²) in [4.78, 5) is 44.3. The third-order valence-electron chi connectivity index (χ3n) is 4.60. The Morgan fingerprint density at radius 1 is 1.00 bits per heavy atom. The van der Waals surface area contributed by atoms with Crippen molar-refractivity contribution in [2.24, 2.45) is 0 Å². The Labute approximate surface area is 156 Å². The quantitative estimate of drug-likeness (QED) is 0.766. The molecular formula is C20H18N2O5. The molecule has 0 bridgehead atoms. The predicted octanol–water partition coefficient (Wildman–Crippen LogP) is 1.64. The molecule has 2 amide bonds. The SMILES string of the molecule is O=C(ON1C(=O)c2ccccc2C1=O)C1CN(Cc2ccccc2)CCO1. The molecule has 1 unspecified atom stereocenters. The predicted molar refractivity (Wildman–Crippen MR) is 94.5 cm³/mol. The smallest absolute Gasteiger partial charge is 0.362 e. The van der Waals surface area contributed by atoms with E-state index in [0.29, 0.717) is 31.3 Å². The summed E-state index contributed by atoms with van der Waals surface area (Å²) in [6.07, 6.45) is -0.855. The Morgan fingerprint density at radius 3 is 2.30 bits per heavy atom. The largest absolute Gasteiger partial charge is 0.364 e. The van der Waals surface area contributed by atoms with Crippen molar-refractivity contribution in [2.45, 2.75) is 12.6 Å². The van der Waals surface area contributed by atoms with Crippen molar-refractivity contribution in [3.05, 3.63) is 71.3 Å². The van der Waals surface area contributed by atoms with Gasteiger partial charge in [-0.25, -0.2) is 4.79 Å². The van der Waals surface area contributed by atoms with Gasteiger partial charge in [0.25, 0.3) is 11.8 Å². The van der Waals surface area contributed by atoms with Gasteiger partial charge in [-0.2, -0.15) is 0 Å². The third kappa shape index (κ3) is 3.47. The Morgan fingerprint density at radius 2 is 1.63 bits per heavy atom. The molecule has 2 heterocycles. The number of imide groups is 1. The molecule has 0 saturated carbocycles. The van der Waals surface area contributed by atoms with Gasteiger partial charge >= 0.3 is 5.97 Å². The fraction of sp³-hybridized carbons (Fsp3) is 0.250. The van der Waals surface area contributed by atoms with Crippen LogP contribution < -0.4 is 0 Å². The lowest BCUT2D eigenvalue weighted by Crippen LogP contribution is -2.48. The number of hydrogen-bond donors (Lipinski definition) is 0. The zero-order valence-corrected chi connectivity index (χ0v) is 14.5. The van der Waals surface area contributed by atoms with Gasteiger partial charge in [0.05, 0.1) is 17.7 Å². The van der Waals surface area contributed by atoms with E-state index in [9.17, 15) is 14.4 Å². The van der Waals surface area contributed by atoms with Crippen LogP contribution in [0, 0.1) is 0 Å². The van der Waals surface area contributed by atoms with Crippen molar-refractivity contribution in [1.82, 2.24) is 9.96 Å². The van der Waals surface area contributed by atoms with Crippen molar-refractivity contribution in [3.63, 3.8) is 0 Å². The topological polar surface area (TPSA) is 76.2 Å². The monoisotopic (exact) mass is 366 g/mol. The van der Waals surface area contributed by atoms with Crippen LogP contribution in [-0.2, 0) is 20.9 Å². The molecule has 27 heavy (non-hydrogen) atoms. The first kappa shape index (κ1) is 17.4. The first-order valence-electron chi connectivity index (χ1n) is 8.71. The lowest BCUT2D eigenvalue weighted by Gasteiger charge is -2.31. The second-order valence-electron chi connectivity index (χ2n) is 6.44. The fourth-order valence-electron chi connectivity index (χ4n) is 3.23. The van der Waals surface area contributed by atoms with Crippen LogP contribution in [0.15, 0.2) is 54.6 Å². The molecule has 0 aromatic heterocycles. The highest BCUT2D eigenvalue weighted by atomic mass is 16.7. The summed E-state index contributed by atoms with van der Waals surface area (Å²) in [6, 6.07) is 16.3. The lowest BCUT2D eigenvalue weighted by molar-refractivity contribution is -0.186. The van der Waals surface area contributed by atoms with Gasteiger partial charge in [-0.15, -0.1) is 0 Å². The average molecular weight is 366 g/mol. The molecule has 0 spiro atoms. The van der Waals surface area contributed by atoms with Crippen molar-refractivity contribution in [1.29, 1.82) is 0 Å². The summed E-state index contributed by atoms with van der Waals surface area (Å²) in [6.45, 7) is 2.07. The highest BCUT2D eigenvalue weighted by Gasteiger charge is 2.40. The number of amides is 2. The number of nitrogens with zero attached hydrogens (tertiary/aromatic N) is 2. The minimum atomic E-state index is -0.855. The van der Waals surface area contributed by atoms with E-state index in [4.69, 9.17) is 9.57 Å². The molecule has 1 fully saturated rings. The molecule has 7 nitrogen and oxygen atoms in total. The van der Waals surface area contributed by atoms with Gasteiger partial charge in [0.1, 0.15) is 0 Å². The molecule has 1 saturated heterocycles. The van der Waals surface area contributed by atoms with E-state index in [-0.39, 0.29) is 11.1 Å². The van der Waals surface area contributed by atoms with E-state index >= 15 is 0 Å². The number of fused-ring (bicyclic) bond motifs is 1. The summed E-state index contributed by atoms with van der Waals surface area (Å²) in [7, 11) is 0. The molecule has 2 aliphatic rings. The van der Waals surface area contributed by atoms with Crippen molar-refractivity contribution < 1.29 is 24.0 Å². The molecule has 0 aliphatic carbocycles. The van der Waals surface area contributed by atoms with Gasteiger partial charge in [-0.3, -0.25) is 14.5 Å². The molecule has 4 rings (SSSR count). The van der Waals surface area contributed by atoms with E-state index in [2.05, 4.69) is 4.90 Å². The zero-order valence-electron chi connectivity index (χ0n) is 14.5. The van der Waals surface area contributed by atoms with Crippen molar-refractivity contribution in [2.75, 3.05) is 19.7 Å². The number of benzene rings is 2. The van der Waals surface area contributed by atoms with Gasteiger partial charge in [0.2, 0.25) is 0 Å². The van der Waals surface area contributed by atoms with Crippen LogP contribution in [0.4, 0.5) is 0 Å². The first-order valence-corrected chi connectivity index (χ1v) is 8.71. The maximum absolute atomic E-state index is 12.5. The van der Waals surface area contributed by atoms with Crippen molar-refractivity contribution in [3.8, 4) is 0 Å². The second kappa shape index (κ2) is 7.30. The zero-order chi connectivity index (χ0) is 18.8. The number of ether oxygens (including phenoxy) is 1. The number of morpholine rings is 1. The van der Waals surface area contributed by atoms with Crippen LogP contribution in [0.25, 0.3) is 0 Å². The van der Waals surface area contributed by atoms with E-state index in [1.54, 1.807) is 12.1 Å². The van der Waals surface area contributed by atoms with Crippen LogP contribution in [0.5, 0.6) is 0 Å². The number of carbonyl (C=O) groups excluding carboxylic acids is 3. The molecule has 7 heteroatoms. The van der Waals surface area contributed by atoms with E-state index in [1.807, 2.05) is 30.3 Å². The van der Waals surface area contributed by atoms with Crippen LogP contribution >= 0.6 is 0 Å². The fourth-order valence-corrected chi connectivity index (χ4v) is 3.23. The van der Waals surface area contributed by atoms with Crippen LogP contribution in [0.3, 0.4) is 0 Å². The molecular weight excluding hydrogens is 348 g/mol.